The summed E-state index contributed by atoms with van der Waals surface area (Å²) in [6.07, 6.45) is 3.08. The Hall–Kier alpha value is -2.22. The van der Waals surface area contributed by atoms with Crippen LogP contribution in [0.1, 0.15) is 30.4 Å². The van der Waals surface area contributed by atoms with Gasteiger partial charge in [-0.3, -0.25) is 9.69 Å². The fraction of sp³-hybridized carbons (Fsp3) is 0.409. The number of carbonyl (C=O) groups is 1. The molecule has 2 heterocycles. The Kier molecular flexibility index (Phi) is 5.99. The minimum atomic E-state index is -3.56. The van der Waals surface area contributed by atoms with E-state index in [-0.39, 0.29) is 10.8 Å². The number of benzene rings is 2. The zero-order valence-corrected chi connectivity index (χ0v) is 17.2. The minimum absolute atomic E-state index is 0.0245. The van der Waals surface area contributed by atoms with E-state index in [1.165, 1.54) is 5.56 Å². The number of nitrogens with one attached hydrogen (secondary N) is 2. The molecule has 2 aliphatic heterocycles. The smallest absolute Gasteiger partial charge is 0.240 e. The number of hydrogen-bond donors (Lipinski definition) is 2. The van der Waals surface area contributed by atoms with Gasteiger partial charge in [-0.25, -0.2) is 13.1 Å². The van der Waals surface area contributed by atoms with Crippen LogP contribution in [0.25, 0.3) is 0 Å². The number of hydrogen-bond acceptors (Lipinski definition) is 4. The van der Waals surface area contributed by atoms with Crippen molar-refractivity contribution >= 4 is 21.6 Å². The molecule has 1 amide bonds. The second-order valence-corrected chi connectivity index (χ2v) is 9.71. The number of anilines is 1. The van der Waals surface area contributed by atoms with Crippen LogP contribution in [0, 0.1) is 5.92 Å². The zero-order valence-electron chi connectivity index (χ0n) is 16.4. The molecule has 2 N–H and O–H groups in total. The standard InChI is InChI=1S/C22H27N3O3S/c26-22-11-8-19-13-20(9-10-21(19)24-22)29(27,28)23-14-18-7-4-12-25(16-18)15-17-5-2-1-3-6-17/h1-3,5-6,9-10,13,18,23H,4,7-8,11-12,14-16H2,(H,24,26)/t18-/m0/s1. The van der Waals surface area contributed by atoms with Gasteiger partial charge in [-0.1, -0.05) is 30.3 Å². The van der Waals surface area contributed by atoms with Gasteiger partial charge in [-0.05, 0) is 61.1 Å². The Bertz CT molecular complexity index is 976. The molecule has 1 saturated heterocycles. The maximum atomic E-state index is 12.8. The molecular formula is C22H27N3O3S. The fourth-order valence-electron chi connectivity index (χ4n) is 4.14. The summed E-state index contributed by atoms with van der Waals surface area (Å²) in [4.78, 5) is 14.2. The van der Waals surface area contributed by atoms with Crippen molar-refractivity contribution in [3.63, 3.8) is 0 Å². The van der Waals surface area contributed by atoms with Gasteiger partial charge < -0.3 is 5.32 Å². The SMILES string of the molecule is O=C1CCc2cc(S(=O)(=O)NC[C@@H]3CCCN(Cc4ccccc4)C3)ccc2N1. The quantitative estimate of drug-likeness (QED) is 0.763. The first-order chi connectivity index (χ1) is 14.0. The van der Waals surface area contributed by atoms with Gasteiger partial charge in [0.25, 0.3) is 0 Å². The third-order valence-corrected chi connectivity index (χ3v) is 7.12. The normalized spacial score (nSPS) is 20.1. The number of sulfonamides is 1. The van der Waals surface area contributed by atoms with Crippen LogP contribution in [0.5, 0.6) is 0 Å². The highest BCUT2D eigenvalue weighted by Crippen LogP contribution is 2.26. The summed E-state index contributed by atoms with van der Waals surface area (Å²) in [5.41, 5.74) is 2.87. The maximum absolute atomic E-state index is 12.8. The molecule has 0 radical (unpaired) electrons. The summed E-state index contributed by atoms with van der Waals surface area (Å²) in [7, 11) is -3.56. The van der Waals surface area contributed by atoms with Crippen molar-refractivity contribution in [3.8, 4) is 0 Å². The Morgan fingerprint density at radius 3 is 2.76 bits per heavy atom. The van der Waals surface area contributed by atoms with Gasteiger partial charge in [0.1, 0.15) is 0 Å². The molecule has 154 valence electrons. The summed E-state index contributed by atoms with van der Waals surface area (Å²) in [5.74, 6) is 0.280. The van der Waals surface area contributed by atoms with Crippen molar-refractivity contribution in [1.29, 1.82) is 0 Å². The van der Waals surface area contributed by atoms with Crippen LogP contribution in [-0.2, 0) is 27.8 Å². The summed E-state index contributed by atoms with van der Waals surface area (Å²) in [6, 6.07) is 15.3. The largest absolute Gasteiger partial charge is 0.326 e. The van der Waals surface area contributed by atoms with Gasteiger partial charge in [-0.2, -0.15) is 0 Å². The fourth-order valence-corrected chi connectivity index (χ4v) is 5.31. The van der Waals surface area contributed by atoms with Crippen LogP contribution >= 0.6 is 0 Å². The summed E-state index contributed by atoms with van der Waals surface area (Å²) in [6.45, 7) is 3.30. The average molecular weight is 414 g/mol. The number of carbonyl (C=O) groups excluding carboxylic acids is 1. The van der Waals surface area contributed by atoms with Gasteiger partial charge in [0.15, 0.2) is 0 Å². The highest BCUT2D eigenvalue weighted by atomic mass is 32.2. The van der Waals surface area contributed by atoms with E-state index in [9.17, 15) is 13.2 Å². The number of rotatable bonds is 6. The molecule has 29 heavy (non-hydrogen) atoms. The Labute approximate surface area is 172 Å². The second-order valence-electron chi connectivity index (χ2n) is 7.95. The van der Waals surface area contributed by atoms with E-state index in [0.29, 0.717) is 31.0 Å². The number of nitrogens with zero attached hydrogens (tertiary/aromatic N) is 1. The molecule has 0 aromatic heterocycles. The topological polar surface area (TPSA) is 78.5 Å². The lowest BCUT2D eigenvalue weighted by Crippen LogP contribution is -2.40. The second kappa shape index (κ2) is 8.65. The molecule has 0 bridgehead atoms. The number of likely N-dealkylation sites (tertiary alicyclic amines) is 1. The highest BCUT2D eigenvalue weighted by molar-refractivity contribution is 7.89. The highest BCUT2D eigenvalue weighted by Gasteiger charge is 2.24. The number of amides is 1. The van der Waals surface area contributed by atoms with Gasteiger partial charge in [0.05, 0.1) is 4.90 Å². The van der Waals surface area contributed by atoms with Crippen LogP contribution in [-0.4, -0.2) is 38.9 Å². The molecule has 7 heteroatoms. The number of fused-ring (bicyclic) bond motifs is 1. The molecule has 6 nitrogen and oxygen atoms in total. The lowest BCUT2D eigenvalue weighted by molar-refractivity contribution is -0.116. The summed E-state index contributed by atoms with van der Waals surface area (Å²) >= 11 is 0. The van der Waals surface area contributed by atoms with Crippen molar-refractivity contribution in [2.24, 2.45) is 5.92 Å². The molecular weight excluding hydrogens is 386 g/mol. The van der Waals surface area contributed by atoms with E-state index in [1.54, 1.807) is 18.2 Å². The first-order valence-electron chi connectivity index (χ1n) is 10.2. The maximum Gasteiger partial charge on any atom is 0.240 e. The van der Waals surface area contributed by atoms with Crippen molar-refractivity contribution in [2.75, 3.05) is 25.0 Å². The van der Waals surface area contributed by atoms with E-state index >= 15 is 0 Å². The number of piperidine rings is 1. The number of aryl methyl sites for hydroxylation is 1. The van der Waals surface area contributed by atoms with Crippen LogP contribution in [0.15, 0.2) is 53.4 Å². The molecule has 2 aliphatic rings. The first kappa shape index (κ1) is 20.1. The predicted octanol–water partition coefficient (Wildman–Crippen LogP) is 2.76. The average Bonchev–Trinajstić information content (AvgIpc) is 2.73. The van der Waals surface area contributed by atoms with Crippen molar-refractivity contribution in [3.05, 3.63) is 59.7 Å². The third kappa shape index (κ3) is 5.04. The van der Waals surface area contributed by atoms with Crippen LogP contribution < -0.4 is 10.0 Å². The molecule has 0 spiro atoms. The molecule has 0 unspecified atom stereocenters. The van der Waals surface area contributed by atoms with Crippen LogP contribution in [0.2, 0.25) is 0 Å². The van der Waals surface area contributed by atoms with Crippen molar-refractivity contribution < 1.29 is 13.2 Å². The van der Waals surface area contributed by atoms with E-state index in [0.717, 1.165) is 38.0 Å². The Morgan fingerprint density at radius 2 is 1.93 bits per heavy atom. The molecule has 1 atom stereocenters. The van der Waals surface area contributed by atoms with Crippen LogP contribution in [0.4, 0.5) is 5.69 Å². The summed E-state index contributed by atoms with van der Waals surface area (Å²) in [5, 5.41) is 2.79. The van der Waals surface area contributed by atoms with Crippen molar-refractivity contribution in [1.82, 2.24) is 9.62 Å². The van der Waals surface area contributed by atoms with Crippen LogP contribution in [0.3, 0.4) is 0 Å². The lowest BCUT2D eigenvalue weighted by atomic mass is 9.98. The molecule has 2 aromatic rings. The van der Waals surface area contributed by atoms with E-state index in [2.05, 4.69) is 39.2 Å². The Morgan fingerprint density at radius 1 is 1.10 bits per heavy atom. The predicted molar refractivity (Wildman–Crippen MR) is 113 cm³/mol. The van der Waals surface area contributed by atoms with Gasteiger partial charge in [-0.15, -0.1) is 0 Å². The van der Waals surface area contributed by atoms with Gasteiger partial charge >= 0.3 is 0 Å². The van der Waals surface area contributed by atoms with Gasteiger partial charge in [0.2, 0.25) is 15.9 Å². The monoisotopic (exact) mass is 413 g/mol. The molecule has 4 rings (SSSR count). The van der Waals surface area contributed by atoms with E-state index in [4.69, 9.17) is 0 Å². The molecule has 2 aromatic carbocycles. The zero-order chi connectivity index (χ0) is 20.3. The first-order valence-corrected chi connectivity index (χ1v) is 11.7. The third-order valence-electron chi connectivity index (χ3n) is 5.70. The van der Waals surface area contributed by atoms with E-state index < -0.39 is 10.0 Å². The van der Waals surface area contributed by atoms with Crippen molar-refractivity contribution in [2.45, 2.75) is 37.1 Å². The lowest BCUT2D eigenvalue weighted by Gasteiger charge is -2.32. The molecule has 0 aliphatic carbocycles. The Balaban J connectivity index is 1.36. The van der Waals surface area contributed by atoms with Gasteiger partial charge in [0, 0.05) is 31.7 Å². The molecule has 1 fully saturated rings. The minimum Gasteiger partial charge on any atom is -0.326 e. The molecule has 0 saturated carbocycles. The summed E-state index contributed by atoms with van der Waals surface area (Å²) < 4.78 is 28.4. The van der Waals surface area contributed by atoms with E-state index in [1.807, 2.05) is 6.07 Å².